The highest BCUT2D eigenvalue weighted by Gasteiger charge is 2.11. The second-order valence-electron chi connectivity index (χ2n) is 2.71. The van der Waals surface area contributed by atoms with Crippen molar-refractivity contribution in [1.29, 1.82) is 0 Å². The lowest BCUT2D eigenvalue weighted by atomic mass is 10.1. The van der Waals surface area contributed by atoms with E-state index in [2.05, 4.69) is 0 Å². The Balaban J connectivity index is 3.28. The van der Waals surface area contributed by atoms with E-state index >= 15 is 0 Å². The van der Waals surface area contributed by atoms with Gasteiger partial charge in [0, 0.05) is 5.56 Å². The number of ether oxygens (including phenoxy) is 2. The second-order valence-corrected chi connectivity index (χ2v) is 2.71. The van der Waals surface area contributed by atoms with Crippen LogP contribution in [0.1, 0.15) is 20.0 Å². The molecule has 0 aliphatic heterocycles. The van der Waals surface area contributed by atoms with Crippen LogP contribution in [0.5, 0.6) is 11.5 Å². The molecular weight excluding hydrogens is 184 g/mol. The van der Waals surface area contributed by atoms with Gasteiger partial charge in [-0.3, -0.25) is 0 Å². The van der Waals surface area contributed by atoms with Crippen molar-refractivity contribution in [2.75, 3.05) is 14.1 Å². The zero-order valence-corrected chi connectivity index (χ0v) is 7.83. The van der Waals surface area contributed by atoms with E-state index < -0.39 is 13.0 Å². The van der Waals surface area contributed by atoms with Gasteiger partial charge in [0.2, 0.25) is 0 Å². The maximum atomic E-state index is 10.8. The normalized spacial score (nSPS) is 13.7. The number of methoxy groups -OCH3 is 2. The van der Waals surface area contributed by atoms with E-state index in [1.807, 2.05) is 0 Å². The van der Waals surface area contributed by atoms with Crippen LogP contribution >= 0.6 is 0 Å². The van der Waals surface area contributed by atoms with Crippen molar-refractivity contribution in [3.63, 3.8) is 0 Å². The molecule has 0 amide bonds. The Hall–Kier alpha value is -1.71. The number of carbonyl (C=O) groups is 1. The van der Waals surface area contributed by atoms with Crippen LogP contribution in [0.4, 0.5) is 0 Å². The minimum Gasteiger partial charge on any atom is -0.496 e. The van der Waals surface area contributed by atoms with E-state index in [0.717, 1.165) is 6.07 Å². The van der Waals surface area contributed by atoms with Crippen LogP contribution < -0.4 is 9.47 Å². The number of benzene rings is 1. The van der Waals surface area contributed by atoms with Gasteiger partial charge in [-0.05, 0) is 19.1 Å². The van der Waals surface area contributed by atoms with E-state index in [1.54, 1.807) is 6.92 Å². The summed E-state index contributed by atoms with van der Waals surface area (Å²) < 4.78 is 30.7. The molecule has 0 aliphatic carbocycles. The highest BCUT2D eigenvalue weighted by atomic mass is 16.5. The van der Waals surface area contributed by atoms with Gasteiger partial charge in [-0.2, -0.15) is 0 Å². The molecule has 1 aromatic carbocycles. The summed E-state index contributed by atoms with van der Waals surface area (Å²) in [6, 6.07) is 2.47. The summed E-state index contributed by atoms with van der Waals surface area (Å²) in [5.74, 6) is -0.940. The van der Waals surface area contributed by atoms with Crippen LogP contribution in [0.2, 0.25) is 0 Å². The molecule has 4 heteroatoms. The van der Waals surface area contributed by atoms with Gasteiger partial charge in [0.1, 0.15) is 11.5 Å². The fourth-order valence-corrected chi connectivity index (χ4v) is 1.10. The lowest BCUT2D eigenvalue weighted by Crippen LogP contribution is -2.00. The first-order chi connectivity index (χ1) is 7.74. The smallest absolute Gasteiger partial charge is 0.335 e. The number of carboxylic acid groups (broad SMARTS) is 1. The molecule has 0 aromatic heterocycles. The van der Waals surface area contributed by atoms with Gasteiger partial charge in [-0.1, -0.05) is 0 Å². The van der Waals surface area contributed by atoms with Crippen LogP contribution in [0.15, 0.2) is 12.1 Å². The van der Waals surface area contributed by atoms with Crippen LogP contribution in [-0.2, 0) is 0 Å². The number of rotatable bonds is 3. The second kappa shape index (κ2) is 4.00. The van der Waals surface area contributed by atoms with E-state index in [9.17, 15) is 4.79 Å². The van der Waals surface area contributed by atoms with Gasteiger partial charge >= 0.3 is 5.97 Å². The van der Waals surface area contributed by atoms with Gasteiger partial charge in [-0.15, -0.1) is 0 Å². The van der Waals surface area contributed by atoms with Crippen LogP contribution in [0, 0.1) is 6.92 Å². The predicted molar refractivity (Wildman–Crippen MR) is 51.2 cm³/mol. The Morgan fingerprint density at radius 3 is 2.43 bits per heavy atom. The average molecular weight is 199 g/mol. The zero-order chi connectivity index (χ0) is 13.2. The Bertz CT molecular complexity index is 440. The lowest BCUT2D eigenvalue weighted by Gasteiger charge is -2.10. The minimum atomic E-state index is -2.63. The molecule has 0 saturated carbocycles. The third-order valence-electron chi connectivity index (χ3n) is 1.89. The van der Waals surface area contributed by atoms with E-state index in [-0.39, 0.29) is 17.1 Å². The van der Waals surface area contributed by atoms with E-state index in [4.69, 9.17) is 18.7 Å². The molecule has 0 spiro atoms. The summed E-state index contributed by atoms with van der Waals surface area (Å²) in [7, 11) is -1.26. The Morgan fingerprint density at radius 2 is 2.00 bits per heavy atom. The van der Waals surface area contributed by atoms with Gasteiger partial charge in [0.15, 0.2) is 0 Å². The highest BCUT2D eigenvalue weighted by molar-refractivity contribution is 5.89. The van der Waals surface area contributed by atoms with Crippen molar-refractivity contribution < 1.29 is 23.5 Å². The van der Waals surface area contributed by atoms with Gasteiger partial charge in [0.25, 0.3) is 0 Å². The Kier molecular flexibility index (Phi) is 1.91. The molecule has 4 nitrogen and oxygen atoms in total. The van der Waals surface area contributed by atoms with Crippen molar-refractivity contribution in [3.05, 3.63) is 23.3 Å². The number of hydrogen-bond donors (Lipinski definition) is 1. The third kappa shape index (κ3) is 1.79. The summed E-state index contributed by atoms with van der Waals surface area (Å²) >= 11 is 0. The predicted octanol–water partition coefficient (Wildman–Crippen LogP) is 1.71. The maximum absolute atomic E-state index is 10.8. The molecule has 0 aliphatic rings. The monoisotopic (exact) mass is 199 g/mol. The standard InChI is InChI=1S/C10H12O4/c1-6-8(13-2)4-7(10(11)12)5-9(6)14-3/h4-5H,1-3H3,(H,11,12)/i2D3. The molecule has 0 atom stereocenters. The molecule has 0 fully saturated rings. The quantitative estimate of drug-likeness (QED) is 0.805. The number of hydrogen-bond acceptors (Lipinski definition) is 3. The summed E-state index contributed by atoms with van der Waals surface area (Å²) in [5.41, 5.74) is 0.348. The fourth-order valence-electron chi connectivity index (χ4n) is 1.10. The summed E-state index contributed by atoms with van der Waals surface area (Å²) in [4.78, 5) is 10.8. The molecule has 0 saturated heterocycles. The van der Waals surface area contributed by atoms with Crippen LogP contribution in [0.3, 0.4) is 0 Å². The van der Waals surface area contributed by atoms with Gasteiger partial charge < -0.3 is 14.6 Å². The Labute approximate surface area is 86.3 Å². The van der Waals surface area contributed by atoms with Crippen molar-refractivity contribution in [3.8, 4) is 11.5 Å². The Morgan fingerprint density at radius 1 is 1.43 bits per heavy atom. The molecular formula is C10H12O4. The summed E-state index contributed by atoms with van der Waals surface area (Å²) in [6.45, 7) is 1.59. The summed E-state index contributed by atoms with van der Waals surface area (Å²) in [6.07, 6.45) is 0. The molecule has 14 heavy (non-hydrogen) atoms. The molecule has 0 radical (unpaired) electrons. The maximum Gasteiger partial charge on any atom is 0.335 e. The molecule has 0 bridgehead atoms. The molecule has 1 rings (SSSR count). The van der Waals surface area contributed by atoms with E-state index in [1.165, 1.54) is 13.2 Å². The molecule has 1 aromatic rings. The first-order valence-corrected chi connectivity index (χ1v) is 3.85. The average Bonchev–Trinajstić information content (AvgIpc) is 2.18. The molecule has 0 unspecified atom stereocenters. The largest absolute Gasteiger partial charge is 0.496 e. The van der Waals surface area contributed by atoms with Gasteiger partial charge in [-0.25, -0.2) is 4.79 Å². The number of carboxylic acids is 1. The lowest BCUT2D eigenvalue weighted by molar-refractivity contribution is 0.0696. The fraction of sp³-hybridized carbons (Fsp3) is 0.300. The van der Waals surface area contributed by atoms with Crippen molar-refractivity contribution >= 4 is 5.97 Å². The number of aromatic carboxylic acids is 1. The molecule has 76 valence electrons. The van der Waals surface area contributed by atoms with E-state index in [0.29, 0.717) is 5.56 Å². The minimum absolute atomic E-state index is 0.0262. The zero-order valence-electron chi connectivity index (χ0n) is 10.8. The van der Waals surface area contributed by atoms with Crippen molar-refractivity contribution in [2.45, 2.75) is 6.92 Å². The van der Waals surface area contributed by atoms with Crippen molar-refractivity contribution in [2.24, 2.45) is 0 Å². The first-order valence-electron chi connectivity index (χ1n) is 5.35. The van der Waals surface area contributed by atoms with Crippen molar-refractivity contribution in [1.82, 2.24) is 0 Å². The van der Waals surface area contributed by atoms with Crippen LogP contribution in [-0.4, -0.2) is 25.2 Å². The topological polar surface area (TPSA) is 55.8 Å². The van der Waals surface area contributed by atoms with Crippen LogP contribution in [0.25, 0.3) is 0 Å². The molecule has 1 N–H and O–H groups in total. The SMILES string of the molecule is [2H]C([2H])([2H])Oc1cc(C(=O)O)cc(OC)c1C. The highest BCUT2D eigenvalue weighted by Crippen LogP contribution is 2.29. The first kappa shape index (κ1) is 6.70. The van der Waals surface area contributed by atoms with Gasteiger partial charge in [0.05, 0.1) is 23.8 Å². The molecule has 0 heterocycles. The summed E-state index contributed by atoms with van der Waals surface area (Å²) in [5, 5.41) is 8.87. The third-order valence-corrected chi connectivity index (χ3v) is 1.89.